The van der Waals surface area contributed by atoms with Gasteiger partial charge in [-0.2, -0.15) is 0 Å². The molecule has 0 aliphatic carbocycles. The smallest absolute Gasteiger partial charge is 0.264 e. The van der Waals surface area contributed by atoms with Crippen LogP contribution < -0.4 is 15.0 Å². The fourth-order valence-electron chi connectivity index (χ4n) is 3.31. The Labute approximate surface area is 196 Å². The molecule has 5 nitrogen and oxygen atoms in total. The molecule has 4 rings (SSSR count). The first-order valence-corrected chi connectivity index (χ1v) is 11.1. The van der Waals surface area contributed by atoms with E-state index in [0.29, 0.717) is 27.7 Å². The van der Waals surface area contributed by atoms with Gasteiger partial charge >= 0.3 is 0 Å². The molecule has 0 atom stereocenters. The van der Waals surface area contributed by atoms with Crippen LogP contribution in [0, 0.1) is 0 Å². The molecule has 1 N–H and O–H groups in total. The van der Waals surface area contributed by atoms with Gasteiger partial charge in [0.1, 0.15) is 5.75 Å². The van der Waals surface area contributed by atoms with Gasteiger partial charge in [-0.25, -0.2) is 0 Å². The number of carbonyl (C=O) groups is 2. The number of fused-ring (bicyclic) bond motifs is 1. The monoisotopic (exact) mass is 464 g/mol. The number of amides is 2. The van der Waals surface area contributed by atoms with Crippen molar-refractivity contribution in [2.75, 3.05) is 19.1 Å². The van der Waals surface area contributed by atoms with Crippen molar-refractivity contribution in [1.29, 1.82) is 0 Å². The lowest BCUT2D eigenvalue weighted by molar-refractivity contribution is -0.114. The van der Waals surface area contributed by atoms with Crippen LogP contribution in [0.15, 0.2) is 76.5 Å². The number of thioether (sulfide) groups is 1. The largest absolute Gasteiger partial charge is 0.497 e. The van der Waals surface area contributed by atoms with Crippen LogP contribution in [-0.4, -0.2) is 26.0 Å². The van der Waals surface area contributed by atoms with Crippen molar-refractivity contribution in [2.45, 2.75) is 11.4 Å². The van der Waals surface area contributed by atoms with Gasteiger partial charge in [0, 0.05) is 29.1 Å². The number of rotatable bonds is 5. The van der Waals surface area contributed by atoms with E-state index in [1.807, 2.05) is 54.6 Å². The first-order valence-electron chi connectivity index (χ1n) is 9.93. The lowest BCUT2D eigenvalue weighted by Crippen LogP contribution is -2.31. The molecule has 2 amide bonds. The molecule has 1 aliphatic heterocycles. The number of nitrogens with one attached hydrogen (secondary N) is 1. The molecule has 0 unspecified atom stereocenters. The second kappa shape index (κ2) is 9.51. The Bertz CT molecular complexity index is 1210. The Morgan fingerprint density at radius 2 is 1.88 bits per heavy atom. The number of methoxy groups -OCH3 is 1. The lowest BCUT2D eigenvalue weighted by Gasteiger charge is -2.27. The highest BCUT2D eigenvalue weighted by Gasteiger charge is 2.27. The third kappa shape index (κ3) is 4.66. The van der Waals surface area contributed by atoms with Crippen LogP contribution in [0.1, 0.15) is 21.5 Å². The van der Waals surface area contributed by atoms with Crippen molar-refractivity contribution in [3.05, 3.63) is 93.3 Å². The molecular formula is C25H21ClN2O3S. The average molecular weight is 465 g/mol. The van der Waals surface area contributed by atoms with E-state index in [1.54, 1.807) is 37.3 Å². The zero-order valence-corrected chi connectivity index (χ0v) is 19.2. The molecule has 162 valence electrons. The number of hydrogen-bond acceptors (Lipinski definition) is 4. The summed E-state index contributed by atoms with van der Waals surface area (Å²) in [5.41, 5.74) is 2.95. The Balaban J connectivity index is 1.52. The van der Waals surface area contributed by atoms with Gasteiger partial charge in [0.05, 0.1) is 17.7 Å². The number of ether oxygens (including phenoxy) is 1. The number of halogens is 1. The minimum atomic E-state index is -0.224. The predicted molar refractivity (Wildman–Crippen MR) is 129 cm³/mol. The molecular weight excluding hydrogens is 444 g/mol. The topological polar surface area (TPSA) is 58.6 Å². The van der Waals surface area contributed by atoms with Crippen molar-refractivity contribution >= 4 is 46.9 Å². The SMILES string of the molecule is COc1ccc(C=C2Sc3ccc(C(=O)NCc4ccccc4Cl)cc3N(C)C2=O)cc1. The molecule has 3 aromatic rings. The first kappa shape index (κ1) is 22.0. The third-order valence-electron chi connectivity index (χ3n) is 5.13. The van der Waals surface area contributed by atoms with E-state index in [-0.39, 0.29) is 11.8 Å². The fourth-order valence-corrected chi connectivity index (χ4v) is 4.60. The zero-order chi connectivity index (χ0) is 22.7. The summed E-state index contributed by atoms with van der Waals surface area (Å²) in [6, 6.07) is 20.3. The summed E-state index contributed by atoms with van der Waals surface area (Å²) in [5, 5.41) is 3.49. The maximum atomic E-state index is 12.9. The summed E-state index contributed by atoms with van der Waals surface area (Å²) < 4.78 is 5.18. The number of hydrogen-bond donors (Lipinski definition) is 1. The molecule has 0 spiro atoms. The Morgan fingerprint density at radius 1 is 1.12 bits per heavy atom. The predicted octanol–water partition coefficient (Wildman–Crippen LogP) is 5.39. The highest BCUT2D eigenvalue weighted by molar-refractivity contribution is 8.04. The van der Waals surface area contributed by atoms with E-state index in [0.717, 1.165) is 21.8 Å². The molecule has 0 saturated carbocycles. The van der Waals surface area contributed by atoms with Gasteiger partial charge in [-0.1, -0.05) is 53.7 Å². The number of likely N-dealkylation sites (N-methyl/N-ethyl adjacent to an activating group) is 1. The summed E-state index contributed by atoms with van der Waals surface area (Å²) in [6.45, 7) is 0.327. The normalized spacial score (nSPS) is 14.3. The highest BCUT2D eigenvalue weighted by Crippen LogP contribution is 2.42. The number of anilines is 1. The van der Waals surface area contributed by atoms with Crippen molar-refractivity contribution in [3.63, 3.8) is 0 Å². The van der Waals surface area contributed by atoms with Gasteiger partial charge < -0.3 is 15.0 Å². The van der Waals surface area contributed by atoms with Gasteiger partial charge in [0.25, 0.3) is 11.8 Å². The van der Waals surface area contributed by atoms with Crippen LogP contribution in [0.2, 0.25) is 5.02 Å². The van der Waals surface area contributed by atoms with Gasteiger partial charge in [-0.15, -0.1) is 0 Å². The van der Waals surface area contributed by atoms with Crippen LogP contribution in [0.5, 0.6) is 5.75 Å². The molecule has 0 bridgehead atoms. The lowest BCUT2D eigenvalue weighted by atomic mass is 10.1. The van der Waals surface area contributed by atoms with Crippen LogP contribution >= 0.6 is 23.4 Å². The Kier molecular flexibility index (Phi) is 6.53. The second-order valence-corrected chi connectivity index (χ2v) is 8.70. The zero-order valence-electron chi connectivity index (χ0n) is 17.6. The van der Waals surface area contributed by atoms with E-state index in [4.69, 9.17) is 16.3 Å². The summed E-state index contributed by atoms with van der Waals surface area (Å²) in [5.74, 6) is 0.419. The summed E-state index contributed by atoms with van der Waals surface area (Å²) in [6.07, 6.45) is 1.86. The first-order chi connectivity index (χ1) is 15.5. The van der Waals surface area contributed by atoms with E-state index < -0.39 is 0 Å². The summed E-state index contributed by atoms with van der Waals surface area (Å²) >= 11 is 7.56. The van der Waals surface area contributed by atoms with Gasteiger partial charge in [0.2, 0.25) is 0 Å². The molecule has 0 fully saturated rings. The minimum Gasteiger partial charge on any atom is -0.497 e. The molecule has 1 aliphatic rings. The summed E-state index contributed by atoms with van der Waals surface area (Å²) in [7, 11) is 3.33. The number of nitrogens with zero attached hydrogens (tertiary/aromatic N) is 1. The van der Waals surface area contributed by atoms with Gasteiger partial charge in [-0.05, 0) is 53.6 Å². The molecule has 3 aromatic carbocycles. The molecule has 7 heteroatoms. The maximum Gasteiger partial charge on any atom is 0.264 e. The van der Waals surface area contributed by atoms with E-state index in [1.165, 1.54) is 11.8 Å². The van der Waals surface area contributed by atoms with Crippen molar-refractivity contribution in [1.82, 2.24) is 5.32 Å². The quantitative estimate of drug-likeness (QED) is 0.514. The molecule has 32 heavy (non-hydrogen) atoms. The summed E-state index contributed by atoms with van der Waals surface area (Å²) in [4.78, 5) is 28.7. The second-order valence-electron chi connectivity index (χ2n) is 7.20. The standard InChI is InChI=1S/C25H21ClN2O3S/c1-28-21-14-17(24(29)27-15-18-5-3-4-6-20(18)26)9-12-22(21)32-23(25(28)30)13-16-7-10-19(31-2)11-8-16/h3-14H,15H2,1-2H3,(H,27,29). The van der Waals surface area contributed by atoms with E-state index in [2.05, 4.69) is 5.32 Å². The Morgan fingerprint density at radius 3 is 2.59 bits per heavy atom. The third-order valence-corrected chi connectivity index (χ3v) is 6.57. The molecule has 0 aromatic heterocycles. The van der Waals surface area contributed by atoms with Crippen molar-refractivity contribution < 1.29 is 14.3 Å². The molecule has 0 saturated heterocycles. The molecule has 0 radical (unpaired) electrons. The average Bonchev–Trinajstić information content (AvgIpc) is 2.82. The van der Waals surface area contributed by atoms with Crippen molar-refractivity contribution in [3.8, 4) is 5.75 Å². The number of carbonyl (C=O) groups excluding carboxylic acids is 2. The van der Waals surface area contributed by atoms with E-state index >= 15 is 0 Å². The van der Waals surface area contributed by atoms with E-state index in [9.17, 15) is 9.59 Å². The fraction of sp³-hybridized carbons (Fsp3) is 0.120. The number of benzene rings is 3. The van der Waals surface area contributed by atoms with Crippen molar-refractivity contribution in [2.24, 2.45) is 0 Å². The molecule has 1 heterocycles. The Hall–Kier alpha value is -3.22. The minimum absolute atomic E-state index is 0.119. The maximum absolute atomic E-state index is 12.9. The van der Waals surface area contributed by atoms with Gasteiger partial charge in [-0.3, -0.25) is 9.59 Å². The van der Waals surface area contributed by atoms with Crippen LogP contribution in [0.4, 0.5) is 5.69 Å². The van der Waals surface area contributed by atoms with Crippen LogP contribution in [0.25, 0.3) is 6.08 Å². The van der Waals surface area contributed by atoms with Crippen LogP contribution in [-0.2, 0) is 11.3 Å². The highest BCUT2D eigenvalue weighted by atomic mass is 35.5. The van der Waals surface area contributed by atoms with Gasteiger partial charge in [0.15, 0.2) is 0 Å². The van der Waals surface area contributed by atoms with Crippen LogP contribution in [0.3, 0.4) is 0 Å².